The van der Waals surface area contributed by atoms with E-state index in [1.54, 1.807) is 0 Å². The van der Waals surface area contributed by atoms with E-state index in [9.17, 15) is 4.79 Å². The first-order valence-electron chi connectivity index (χ1n) is 7.93. The molecule has 2 unspecified atom stereocenters. The van der Waals surface area contributed by atoms with Crippen LogP contribution in [0.5, 0.6) is 5.75 Å². The van der Waals surface area contributed by atoms with Gasteiger partial charge in [0.2, 0.25) is 0 Å². The van der Waals surface area contributed by atoms with Gasteiger partial charge in [0.05, 0.1) is 6.04 Å². The average Bonchev–Trinajstić information content (AvgIpc) is 3.21. The molecule has 0 aliphatic carbocycles. The van der Waals surface area contributed by atoms with E-state index < -0.39 is 0 Å². The molecule has 1 amide bonds. The summed E-state index contributed by atoms with van der Waals surface area (Å²) in [6, 6.07) is 18.5. The van der Waals surface area contributed by atoms with Crippen LogP contribution >= 0.6 is 0 Å². The van der Waals surface area contributed by atoms with Crippen LogP contribution in [0, 0.1) is 0 Å². The predicted molar refractivity (Wildman–Crippen MR) is 84.7 cm³/mol. The van der Waals surface area contributed by atoms with Crippen molar-refractivity contribution in [2.75, 3.05) is 6.54 Å². The van der Waals surface area contributed by atoms with E-state index in [0.29, 0.717) is 6.42 Å². The predicted octanol–water partition coefficient (Wildman–Crippen LogP) is 3.35. The van der Waals surface area contributed by atoms with E-state index >= 15 is 0 Å². The number of benzene rings is 2. The molecule has 2 atom stereocenters. The van der Waals surface area contributed by atoms with Gasteiger partial charge in [-0.25, -0.2) is 0 Å². The summed E-state index contributed by atoms with van der Waals surface area (Å²) in [5, 5.41) is 0. The Morgan fingerprint density at radius 1 is 1.05 bits per heavy atom. The molecule has 2 aliphatic rings. The number of carbonyl (C=O) groups excluding carboxylic acids is 1. The van der Waals surface area contributed by atoms with Gasteiger partial charge in [0.15, 0.2) is 6.10 Å². The van der Waals surface area contributed by atoms with Crippen LogP contribution in [0.25, 0.3) is 0 Å². The van der Waals surface area contributed by atoms with Crippen molar-refractivity contribution in [3.05, 3.63) is 65.7 Å². The highest BCUT2D eigenvalue weighted by Gasteiger charge is 2.37. The number of para-hydroxylation sites is 1. The van der Waals surface area contributed by atoms with Crippen molar-refractivity contribution in [3.8, 4) is 5.75 Å². The van der Waals surface area contributed by atoms with Gasteiger partial charge in [0.25, 0.3) is 5.91 Å². The minimum atomic E-state index is -0.360. The van der Waals surface area contributed by atoms with Crippen molar-refractivity contribution < 1.29 is 9.53 Å². The van der Waals surface area contributed by atoms with Gasteiger partial charge in [0.1, 0.15) is 5.75 Å². The molecule has 2 aromatic rings. The zero-order valence-electron chi connectivity index (χ0n) is 12.4. The van der Waals surface area contributed by atoms with Crippen LogP contribution in [0.4, 0.5) is 0 Å². The summed E-state index contributed by atoms with van der Waals surface area (Å²) in [6.07, 6.45) is 2.43. The number of fused-ring (bicyclic) bond motifs is 1. The monoisotopic (exact) mass is 293 g/mol. The first kappa shape index (κ1) is 13.4. The molecule has 2 aliphatic heterocycles. The number of ether oxygens (including phenoxy) is 1. The summed E-state index contributed by atoms with van der Waals surface area (Å²) < 4.78 is 5.87. The smallest absolute Gasteiger partial charge is 0.264 e. The van der Waals surface area contributed by atoms with Crippen molar-refractivity contribution in [3.63, 3.8) is 0 Å². The zero-order chi connectivity index (χ0) is 14.9. The number of hydrogen-bond acceptors (Lipinski definition) is 2. The van der Waals surface area contributed by atoms with Gasteiger partial charge < -0.3 is 9.64 Å². The van der Waals surface area contributed by atoms with Gasteiger partial charge in [-0.15, -0.1) is 0 Å². The van der Waals surface area contributed by atoms with Gasteiger partial charge in [-0.05, 0) is 30.0 Å². The molecule has 0 bridgehead atoms. The van der Waals surface area contributed by atoms with Gasteiger partial charge in [-0.2, -0.15) is 0 Å². The highest BCUT2D eigenvalue weighted by atomic mass is 16.5. The number of likely N-dealkylation sites (tertiary alicyclic amines) is 1. The topological polar surface area (TPSA) is 29.5 Å². The lowest BCUT2D eigenvalue weighted by molar-refractivity contribution is -0.138. The third-order valence-corrected chi connectivity index (χ3v) is 4.64. The van der Waals surface area contributed by atoms with E-state index in [1.807, 2.05) is 47.4 Å². The molecular formula is C19H19NO2. The fraction of sp³-hybridized carbons (Fsp3) is 0.316. The number of hydrogen-bond donors (Lipinski definition) is 0. The van der Waals surface area contributed by atoms with Gasteiger partial charge in [-0.3, -0.25) is 4.79 Å². The maximum Gasteiger partial charge on any atom is 0.264 e. The molecule has 112 valence electrons. The van der Waals surface area contributed by atoms with E-state index in [0.717, 1.165) is 30.7 Å². The van der Waals surface area contributed by atoms with Crippen LogP contribution in [0.15, 0.2) is 54.6 Å². The Bertz CT molecular complexity index is 658. The SMILES string of the molecule is O=C(C1Cc2ccccc2O1)N1CCCC1c1ccccc1. The normalized spacial score (nSPS) is 23.2. The molecular weight excluding hydrogens is 274 g/mol. The Morgan fingerprint density at radius 3 is 2.64 bits per heavy atom. The number of carbonyl (C=O) groups is 1. The first-order chi connectivity index (χ1) is 10.8. The lowest BCUT2D eigenvalue weighted by Gasteiger charge is -2.27. The van der Waals surface area contributed by atoms with Crippen LogP contribution in [-0.2, 0) is 11.2 Å². The summed E-state index contributed by atoms with van der Waals surface area (Å²) in [4.78, 5) is 14.9. The molecule has 1 saturated heterocycles. The number of amides is 1. The second-order valence-corrected chi connectivity index (χ2v) is 6.02. The molecule has 3 nitrogen and oxygen atoms in total. The van der Waals surface area contributed by atoms with Crippen LogP contribution in [0.2, 0.25) is 0 Å². The Balaban J connectivity index is 1.53. The summed E-state index contributed by atoms with van der Waals surface area (Å²) in [5.74, 6) is 0.985. The molecule has 0 spiro atoms. The van der Waals surface area contributed by atoms with Crippen molar-refractivity contribution in [2.24, 2.45) is 0 Å². The first-order valence-corrected chi connectivity index (χ1v) is 7.93. The highest BCUT2D eigenvalue weighted by molar-refractivity contribution is 5.83. The lowest BCUT2D eigenvalue weighted by atomic mass is 10.0. The zero-order valence-corrected chi connectivity index (χ0v) is 12.4. The Morgan fingerprint density at radius 2 is 1.82 bits per heavy atom. The van der Waals surface area contributed by atoms with Crippen LogP contribution < -0.4 is 4.74 Å². The molecule has 1 fully saturated rings. The van der Waals surface area contributed by atoms with Crippen molar-refractivity contribution in [2.45, 2.75) is 31.4 Å². The van der Waals surface area contributed by atoms with Crippen molar-refractivity contribution >= 4 is 5.91 Å². The van der Waals surface area contributed by atoms with Crippen molar-refractivity contribution in [1.29, 1.82) is 0 Å². The largest absolute Gasteiger partial charge is 0.480 e. The Kier molecular flexibility index (Phi) is 3.34. The molecule has 22 heavy (non-hydrogen) atoms. The lowest BCUT2D eigenvalue weighted by Crippen LogP contribution is -2.40. The molecule has 3 heteroatoms. The summed E-state index contributed by atoms with van der Waals surface area (Å²) in [5.41, 5.74) is 2.36. The molecule has 2 aromatic carbocycles. The minimum absolute atomic E-state index is 0.127. The third-order valence-electron chi connectivity index (χ3n) is 4.64. The van der Waals surface area contributed by atoms with E-state index in [2.05, 4.69) is 12.1 Å². The maximum atomic E-state index is 12.9. The number of rotatable bonds is 2. The van der Waals surface area contributed by atoms with E-state index in [4.69, 9.17) is 4.74 Å². The van der Waals surface area contributed by atoms with Crippen LogP contribution in [0.3, 0.4) is 0 Å². The fourth-order valence-electron chi connectivity index (χ4n) is 3.56. The highest BCUT2D eigenvalue weighted by Crippen LogP contribution is 2.35. The Hall–Kier alpha value is -2.29. The third kappa shape index (κ3) is 2.27. The molecule has 0 radical (unpaired) electrons. The second kappa shape index (κ2) is 5.48. The number of nitrogens with zero attached hydrogens (tertiary/aromatic N) is 1. The van der Waals surface area contributed by atoms with Gasteiger partial charge in [0, 0.05) is 13.0 Å². The standard InChI is InChI=1S/C19H19NO2/c21-19(18-13-15-9-4-5-11-17(15)22-18)20-12-6-10-16(20)14-7-2-1-3-8-14/h1-5,7-9,11,16,18H,6,10,12-13H2. The summed E-state index contributed by atoms with van der Waals surface area (Å²) in [6.45, 7) is 0.828. The minimum Gasteiger partial charge on any atom is -0.480 e. The van der Waals surface area contributed by atoms with Crippen LogP contribution in [0.1, 0.15) is 30.0 Å². The Labute approximate surface area is 130 Å². The van der Waals surface area contributed by atoms with E-state index in [1.165, 1.54) is 5.56 Å². The molecule has 2 heterocycles. The van der Waals surface area contributed by atoms with Gasteiger partial charge in [-0.1, -0.05) is 48.5 Å². The second-order valence-electron chi connectivity index (χ2n) is 6.02. The maximum absolute atomic E-state index is 12.9. The van der Waals surface area contributed by atoms with Crippen molar-refractivity contribution in [1.82, 2.24) is 4.90 Å². The molecule has 0 N–H and O–H groups in total. The quantitative estimate of drug-likeness (QED) is 0.850. The molecule has 0 saturated carbocycles. The summed E-state index contributed by atoms with van der Waals surface area (Å²) in [7, 11) is 0. The van der Waals surface area contributed by atoms with E-state index in [-0.39, 0.29) is 18.1 Å². The fourth-order valence-corrected chi connectivity index (χ4v) is 3.56. The van der Waals surface area contributed by atoms with Crippen LogP contribution in [-0.4, -0.2) is 23.5 Å². The average molecular weight is 293 g/mol. The molecule has 0 aromatic heterocycles. The summed E-state index contributed by atoms with van der Waals surface area (Å²) >= 11 is 0. The molecule has 4 rings (SSSR count). The van der Waals surface area contributed by atoms with Gasteiger partial charge >= 0.3 is 0 Å².